The van der Waals surface area contributed by atoms with Crippen LogP contribution in [0.1, 0.15) is 46.0 Å². The summed E-state index contributed by atoms with van der Waals surface area (Å²) in [5.74, 6) is 0.643. The predicted octanol–water partition coefficient (Wildman–Crippen LogP) is 2.76. The van der Waals surface area contributed by atoms with Gasteiger partial charge in [-0.05, 0) is 37.5 Å². The van der Waals surface area contributed by atoms with E-state index < -0.39 is 0 Å². The lowest BCUT2D eigenvalue weighted by molar-refractivity contribution is -0.169. The molecule has 1 aliphatic heterocycles. The monoisotopic (exact) mass is 258 g/mol. The molecule has 0 saturated carbocycles. The lowest BCUT2D eigenvalue weighted by Gasteiger charge is -2.25. The molecule has 0 bridgehead atoms. The largest absolute Gasteiger partial charge is 0.469 e. The van der Waals surface area contributed by atoms with E-state index in [1.165, 1.54) is 13.5 Å². The molecule has 1 rings (SSSR count). The Morgan fingerprint density at radius 3 is 2.72 bits per heavy atom. The van der Waals surface area contributed by atoms with Crippen LogP contribution >= 0.6 is 0 Å². The van der Waals surface area contributed by atoms with Crippen molar-refractivity contribution in [1.82, 2.24) is 0 Å². The number of carbonyl (C=O) groups is 1. The Morgan fingerprint density at radius 1 is 1.33 bits per heavy atom. The lowest BCUT2D eigenvalue weighted by atomic mass is 9.95. The van der Waals surface area contributed by atoms with Crippen molar-refractivity contribution in [3.05, 3.63) is 0 Å². The second-order valence-electron chi connectivity index (χ2n) is 5.36. The zero-order valence-corrected chi connectivity index (χ0v) is 11.8. The number of methoxy groups -OCH3 is 1. The number of rotatable bonds is 7. The van der Waals surface area contributed by atoms with Gasteiger partial charge in [0.25, 0.3) is 0 Å². The minimum atomic E-state index is -0.133. The first kappa shape index (κ1) is 15.4. The smallest absolute Gasteiger partial charge is 0.305 e. The molecule has 3 unspecified atom stereocenters. The van der Waals surface area contributed by atoms with E-state index in [0.29, 0.717) is 24.9 Å². The Balaban J connectivity index is 2.12. The fourth-order valence-corrected chi connectivity index (χ4v) is 2.32. The average Bonchev–Trinajstić information content (AvgIpc) is 2.37. The maximum atomic E-state index is 11.1. The van der Waals surface area contributed by atoms with E-state index in [1.54, 1.807) is 0 Å². The first-order chi connectivity index (χ1) is 8.61. The third-order valence-electron chi connectivity index (χ3n) is 3.25. The summed E-state index contributed by atoms with van der Waals surface area (Å²) in [6, 6.07) is 0. The Morgan fingerprint density at radius 2 is 2.11 bits per heavy atom. The third kappa shape index (κ3) is 6.36. The van der Waals surface area contributed by atoms with Gasteiger partial charge in [0.2, 0.25) is 0 Å². The van der Waals surface area contributed by atoms with E-state index in [-0.39, 0.29) is 12.3 Å². The van der Waals surface area contributed by atoms with Crippen LogP contribution in [0.5, 0.6) is 0 Å². The minimum Gasteiger partial charge on any atom is -0.469 e. The predicted molar refractivity (Wildman–Crippen MR) is 69.1 cm³/mol. The summed E-state index contributed by atoms with van der Waals surface area (Å²) in [6.45, 7) is 5.75. The van der Waals surface area contributed by atoms with Crippen LogP contribution in [0.3, 0.4) is 0 Å². The zero-order valence-electron chi connectivity index (χ0n) is 11.8. The van der Waals surface area contributed by atoms with Crippen molar-refractivity contribution in [2.75, 3.05) is 20.3 Å². The molecular formula is C14H26O4. The first-order valence-corrected chi connectivity index (χ1v) is 6.91. The molecule has 0 spiro atoms. The van der Waals surface area contributed by atoms with Gasteiger partial charge in [0.1, 0.15) is 0 Å². The topological polar surface area (TPSA) is 44.8 Å². The van der Waals surface area contributed by atoms with Crippen molar-refractivity contribution in [3.8, 4) is 0 Å². The normalized spacial score (nSPS) is 23.4. The molecule has 0 aliphatic carbocycles. The molecule has 106 valence electrons. The van der Waals surface area contributed by atoms with Crippen LogP contribution in [0.2, 0.25) is 0 Å². The highest BCUT2D eigenvalue weighted by molar-refractivity contribution is 5.69. The summed E-state index contributed by atoms with van der Waals surface area (Å²) >= 11 is 0. The van der Waals surface area contributed by atoms with Gasteiger partial charge < -0.3 is 14.2 Å². The second kappa shape index (κ2) is 8.48. The second-order valence-corrected chi connectivity index (χ2v) is 5.36. The standard InChI is InChI=1S/C14H26O4/c1-11(9-13(15)16-3)8-12(2)10-18-14-6-4-5-7-17-14/h11-12,14H,4-10H2,1-3H3. The summed E-state index contributed by atoms with van der Waals surface area (Å²) in [5, 5.41) is 0. The van der Waals surface area contributed by atoms with Gasteiger partial charge in [0.15, 0.2) is 6.29 Å². The molecule has 0 radical (unpaired) electrons. The van der Waals surface area contributed by atoms with Gasteiger partial charge in [0.05, 0.1) is 13.7 Å². The molecule has 4 nitrogen and oxygen atoms in total. The fourth-order valence-electron chi connectivity index (χ4n) is 2.32. The van der Waals surface area contributed by atoms with E-state index in [9.17, 15) is 4.79 Å². The molecule has 0 amide bonds. The highest BCUT2D eigenvalue weighted by Crippen LogP contribution is 2.19. The van der Waals surface area contributed by atoms with Crippen LogP contribution in [0.25, 0.3) is 0 Å². The highest BCUT2D eigenvalue weighted by Gasteiger charge is 2.17. The summed E-state index contributed by atoms with van der Waals surface area (Å²) in [7, 11) is 1.43. The van der Waals surface area contributed by atoms with Crippen LogP contribution in [0.4, 0.5) is 0 Å². The van der Waals surface area contributed by atoms with Crippen LogP contribution < -0.4 is 0 Å². The number of hydrogen-bond acceptors (Lipinski definition) is 4. The molecule has 0 aromatic carbocycles. The molecule has 1 saturated heterocycles. The molecule has 1 heterocycles. The molecule has 3 atom stereocenters. The Kier molecular flexibility index (Phi) is 7.28. The van der Waals surface area contributed by atoms with Gasteiger partial charge in [-0.25, -0.2) is 0 Å². The quantitative estimate of drug-likeness (QED) is 0.659. The van der Waals surface area contributed by atoms with Crippen molar-refractivity contribution in [1.29, 1.82) is 0 Å². The van der Waals surface area contributed by atoms with Crippen molar-refractivity contribution < 1.29 is 19.0 Å². The zero-order chi connectivity index (χ0) is 13.4. The van der Waals surface area contributed by atoms with Gasteiger partial charge in [0, 0.05) is 13.0 Å². The molecule has 1 aliphatic rings. The maximum Gasteiger partial charge on any atom is 0.305 e. The van der Waals surface area contributed by atoms with Crippen LogP contribution in [-0.4, -0.2) is 32.6 Å². The number of esters is 1. The number of hydrogen-bond donors (Lipinski definition) is 0. The van der Waals surface area contributed by atoms with E-state index >= 15 is 0 Å². The summed E-state index contributed by atoms with van der Waals surface area (Å²) < 4.78 is 15.9. The molecule has 0 aromatic heterocycles. The lowest BCUT2D eigenvalue weighted by Crippen LogP contribution is -2.25. The highest BCUT2D eigenvalue weighted by atomic mass is 16.7. The molecule has 0 N–H and O–H groups in total. The van der Waals surface area contributed by atoms with Crippen molar-refractivity contribution in [2.24, 2.45) is 11.8 Å². The van der Waals surface area contributed by atoms with Gasteiger partial charge in [-0.3, -0.25) is 4.79 Å². The van der Waals surface area contributed by atoms with Gasteiger partial charge in [-0.2, -0.15) is 0 Å². The van der Waals surface area contributed by atoms with E-state index in [0.717, 1.165) is 25.9 Å². The van der Waals surface area contributed by atoms with Gasteiger partial charge in [-0.1, -0.05) is 13.8 Å². The van der Waals surface area contributed by atoms with E-state index in [4.69, 9.17) is 9.47 Å². The molecule has 0 aromatic rings. The summed E-state index contributed by atoms with van der Waals surface area (Å²) in [6.07, 6.45) is 4.79. The minimum absolute atomic E-state index is 0.0166. The van der Waals surface area contributed by atoms with Crippen LogP contribution in [0.15, 0.2) is 0 Å². The number of carbonyl (C=O) groups excluding carboxylic acids is 1. The Bertz CT molecular complexity index is 236. The third-order valence-corrected chi connectivity index (χ3v) is 3.25. The first-order valence-electron chi connectivity index (χ1n) is 6.91. The maximum absolute atomic E-state index is 11.1. The van der Waals surface area contributed by atoms with Gasteiger partial charge in [-0.15, -0.1) is 0 Å². The molecule has 4 heteroatoms. The van der Waals surface area contributed by atoms with E-state index in [1.807, 2.05) is 0 Å². The van der Waals surface area contributed by atoms with Crippen molar-refractivity contribution >= 4 is 5.97 Å². The molecular weight excluding hydrogens is 232 g/mol. The Hall–Kier alpha value is -0.610. The summed E-state index contributed by atoms with van der Waals surface area (Å²) in [4.78, 5) is 11.1. The van der Waals surface area contributed by atoms with Crippen molar-refractivity contribution in [2.45, 2.75) is 52.2 Å². The number of ether oxygens (including phenoxy) is 3. The fraction of sp³-hybridized carbons (Fsp3) is 0.929. The average molecular weight is 258 g/mol. The van der Waals surface area contributed by atoms with Gasteiger partial charge >= 0.3 is 5.97 Å². The molecule has 18 heavy (non-hydrogen) atoms. The van der Waals surface area contributed by atoms with Crippen molar-refractivity contribution in [3.63, 3.8) is 0 Å². The molecule has 1 fully saturated rings. The van der Waals surface area contributed by atoms with Crippen LogP contribution in [-0.2, 0) is 19.0 Å². The Labute approximate surface area is 110 Å². The summed E-state index contributed by atoms with van der Waals surface area (Å²) in [5.41, 5.74) is 0. The van der Waals surface area contributed by atoms with Crippen LogP contribution in [0, 0.1) is 11.8 Å². The SMILES string of the molecule is COC(=O)CC(C)CC(C)COC1CCCCO1. The van der Waals surface area contributed by atoms with E-state index in [2.05, 4.69) is 18.6 Å².